The van der Waals surface area contributed by atoms with E-state index in [1.54, 1.807) is 12.1 Å². The highest BCUT2D eigenvalue weighted by molar-refractivity contribution is 6.21. The maximum Gasteiger partial charge on any atom is 0.261 e. The van der Waals surface area contributed by atoms with E-state index in [9.17, 15) is 9.59 Å². The molecule has 1 aromatic carbocycles. The molecule has 3 rings (SSSR count). The molecule has 3 heteroatoms. The molecule has 106 valence electrons. The van der Waals surface area contributed by atoms with E-state index in [-0.39, 0.29) is 23.3 Å². The predicted octanol–water partition coefficient (Wildman–Crippen LogP) is 3.50. The SMILES string of the molecule is C[C@@H]1CC(N2C(=O)c3ccccc3C2=O)CC(C)(C)C1. The van der Waals surface area contributed by atoms with E-state index in [1.165, 1.54) is 4.90 Å². The summed E-state index contributed by atoms with van der Waals surface area (Å²) in [7, 11) is 0. The Balaban J connectivity index is 1.93. The van der Waals surface area contributed by atoms with Crippen molar-refractivity contribution in [2.75, 3.05) is 0 Å². The molecule has 1 fully saturated rings. The zero-order chi connectivity index (χ0) is 14.5. The van der Waals surface area contributed by atoms with E-state index >= 15 is 0 Å². The lowest BCUT2D eigenvalue weighted by molar-refractivity contribution is 0.0411. The Morgan fingerprint density at radius 3 is 2.10 bits per heavy atom. The van der Waals surface area contributed by atoms with E-state index < -0.39 is 0 Å². The topological polar surface area (TPSA) is 37.4 Å². The number of rotatable bonds is 1. The summed E-state index contributed by atoms with van der Waals surface area (Å²) in [5.74, 6) is 0.328. The third kappa shape index (κ3) is 2.05. The average molecular weight is 271 g/mol. The van der Waals surface area contributed by atoms with Crippen LogP contribution in [0.3, 0.4) is 0 Å². The van der Waals surface area contributed by atoms with E-state index in [2.05, 4.69) is 20.8 Å². The van der Waals surface area contributed by atoms with Gasteiger partial charge in [-0.2, -0.15) is 0 Å². The van der Waals surface area contributed by atoms with Crippen molar-refractivity contribution >= 4 is 11.8 Å². The van der Waals surface area contributed by atoms with Crippen LogP contribution in [0.5, 0.6) is 0 Å². The Kier molecular flexibility index (Phi) is 2.96. The number of imide groups is 1. The molecule has 1 aliphatic carbocycles. The number of carbonyl (C=O) groups excluding carboxylic acids is 2. The molecule has 0 spiro atoms. The molecule has 0 aromatic heterocycles. The van der Waals surface area contributed by atoms with Gasteiger partial charge in [-0.1, -0.05) is 32.9 Å². The van der Waals surface area contributed by atoms with E-state index in [1.807, 2.05) is 12.1 Å². The summed E-state index contributed by atoms with van der Waals surface area (Å²) in [6.07, 6.45) is 2.99. The monoisotopic (exact) mass is 271 g/mol. The van der Waals surface area contributed by atoms with Crippen LogP contribution in [0.1, 0.15) is 60.7 Å². The number of fused-ring (bicyclic) bond motifs is 1. The van der Waals surface area contributed by atoms with Gasteiger partial charge in [0.1, 0.15) is 0 Å². The lowest BCUT2D eigenvalue weighted by Crippen LogP contribution is -2.46. The average Bonchev–Trinajstić information content (AvgIpc) is 2.60. The van der Waals surface area contributed by atoms with Crippen molar-refractivity contribution in [1.82, 2.24) is 4.90 Å². The van der Waals surface area contributed by atoms with Crippen molar-refractivity contribution in [2.45, 2.75) is 46.1 Å². The summed E-state index contributed by atoms with van der Waals surface area (Å²) in [4.78, 5) is 26.6. The Morgan fingerprint density at radius 1 is 1.05 bits per heavy atom. The number of carbonyl (C=O) groups is 2. The van der Waals surface area contributed by atoms with Gasteiger partial charge in [0.05, 0.1) is 11.1 Å². The van der Waals surface area contributed by atoms with Gasteiger partial charge in [0.25, 0.3) is 11.8 Å². The molecule has 20 heavy (non-hydrogen) atoms. The normalized spacial score (nSPS) is 28.6. The Morgan fingerprint density at radius 2 is 1.60 bits per heavy atom. The third-order valence-electron chi connectivity index (χ3n) is 4.55. The van der Waals surface area contributed by atoms with Gasteiger partial charge in [-0.25, -0.2) is 0 Å². The fraction of sp³-hybridized carbons (Fsp3) is 0.529. The van der Waals surface area contributed by atoms with Gasteiger partial charge in [0, 0.05) is 6.04 Å². The van der Waals surface area contributed by atoms with Gasteiger partial charge in [0.15, 0.2) is 0 Å². The highest BCUT2D eigenvalue weighted by Gasteiger charge is 2.44. The van der Waals surface area contributed by atoms with Crippen LogP contribution in [-0.4, -0.2) is 22.8 Å². The molecule has 0 radical (unpaired) electrons. The van der Waals surface area contributed by atoms with Gasteiger partial charge in [0.2, 0.25) is 0 Å². The van der Waals surface area contributed by atoms with Crippen molar-refractivity contribution in [3.63, 3.8) is 0 Å². The molecule has 2 amide bonds. The van der Waals surface area contributed by atoms with Crippen LogP contribution in [0, 0.1) is 11.3 Å². The van der Waals surface area contributed by atoms with Gasteiger partial charge in [-0.3, -0.25) is 14.5 Å². The van der Waals surface area contributed by atoms with Gasteiger partial charge in [-0.05, 0) is 42.7 Å². The number of hydrogen-bond acceptors (Lipinski definition) is 2. The molecule has 1 saturated carbocycles. The van der Waals surface area contributed by atoms with Crippen molar-refractivity contribution in [1.29, 1.82) is 0 Å². The molecule has 0 saturated heterocycles. The maximum atomic E-state index is 12.5. The largest absolute Gasteiger partial charge is 0.271 e. The minimum absolute atomic E-state index is 0.0427. The smallest absolute Gasteiger partial charge is 0.261 e. The zero-order valence-electron chi connectivity index (χ0n) is 12.3. The first-order valence-electron chi connectivity index (χ1n) is 7.36. The Bertz CT molecular complexity index is 541. The van der Waals surface area contributed by atoms with Gasteiger partial charge in [-0.15, -0.1) is 0 Å². The molecular formula is C17H21NO2. The summed E-state index contributed by atoms with van der Waals surface area (Å²) in [6.45, 7) is 6.67. The van der Waals surface area contributed by atoms with Crippen LogP contribution in [-0.2, 0) is 0 Å². The number of nitrogens with zero attached hydrogens (tertiary/aromatic N) is 1. The first kappa shape index (κ1) is 13.3. The summed E-state index contributed by atoms with van der Waals surface area (Å²) in [5.41, 5.74) is 1.32. The molecule has 3 nitrogen and oxygen atoms in total. The molecule has 0 N–H and O–H groups in total. The van der Waals surface area contributed by atoms with Crippen LogP contribution in [0.2, 0.25) is 0 Å². The summed E-state index contributed by atoms with van der Waals surface area (Å²) in [5, 5.41) is 0. The van der Waals surface area contributed by atoms with Crippen molar-refractivity contribution < 1.29 is 9.59 Å². The molecule has 0 bridgehead atoms. The van der Waals surface area contributed by atoms with Gasteiger partial charge < -0.3 is 0 Å². The van der Waals surface area contributed by atoms with Crippen molar-refractivity contribution in [2.24, 2.45) is 11.3 Å². The Hall–Kier alpha value is -1.64. The van der Waals surface area contributed by atoms with E-state index in [0.717, 1.165) is 19.3 Å². The van der Waals surface area contributed by atoms with E-state index in [0.29, 0.717) is 17.0 Å². The molecule has 1 unspecified atom stereocenters. The second-order valence-corrected chi connectivity index (χ2v) is 7.09. The highest BCUT2D eigenvalue weighted by atomic mass is 16.2. The van der Waals surface area contributed by atoms with Crippen LogP contribution in [0.15, 0.2) is 24.3 Å². The summed E-state index contributed by atoms with van der Waals surface area (Å²) in [6, 6.07) is 7.20. The van der Waals surface area contributed by atoms with Crippen LogP contribution < -0.4 is 0 Å². The fourth-order valence-corrected chi connectivity index (χ4v) is 4.03. The molecule has 2 atom stereocenters. The van der Waals surface area contributed by atoms with Crippen LogP contribution >= 0.6 is 0 Å². The number of amides is 2. The quantitative estimate of drug-likeness (QED) is 0.733. The molecule has 2 aliphatic rings. The van der Waals surface area contributed by atoms with Crippen LogP contribution in [0.25, 0.3) is 0 Å². The molecule has 1 aromatic rings. The number of benzene rings is 1. The van der Waals surface area contributed by atoms with E-state index in [4.69, 9.17) is 0 Å². The lowest BCUT2D eigenvalue weighted by atomic mass is 9.70. The Labute approximate surface area is 120 Å². The highest BCUT2D eigenvalue weighted by Crippen LogP contribution is 2.42. The first-order chi connectivity index (χ1) is 9.39. The fourth-order valence-electron chi connectivity index (χ4n) is 4.03. The predicted molar refractivity (Wildman–Crippen MR) is 77.5 cm³/mol. The lowest BCUT2D eigenvalue weighted by Gasteiger charge is -2.41. The molecule has 1 heterocycles. The van der Waals surface area contributed by atoms with Crippen molar-refractivity contribution in [3.8, 4) is 0 Å². The minimum atomic E-state index is -0.111. The molecular weight excluding hydrogens is 250 g/mol. The first-order valence-corrected chi connectivity index (χ1v) is 7.36. The third-order valence-corrected chi connectivity index (χ3v) is 4.55. The second kappa shape index (κ2) is 4.44. The minimum Gasteiger partial charge on any atom is -0.271 e. The van der Waals surface area contributed by atoms with Crippen molar-refractivity contribution in [3.05, 3.63) is 35.4 Å². The summed E-state index contributed by atoms with van der Waals surface area (Å²) >= 11 is 0. The zero-order valence-corrected chi connectivity index (χ0v) is 12.3. The standard InChI is InChI=1S/C17H21NO2/c1-11-8-12(10-17(2,3)9-11)18-15(19)13-6-4-5-7-14(13)16(18)20/h4-7,11-12H,8-10H2,1-3H3/t11-,12?/m1/s1. The van der Waals surface area contributed by atoms with Crippen LogP contribution in [0.4, 0.5) is 0 Å². The molecule has 1 aliphatic heterocycles. The second-order valence-electron chi connectivity index (χ2n) is 7.09. The van der Waals surface area contributed by atoms with Gasteiger partial charge >= 0.3 is 0 Å². The summed E-state index contributed by atoms with van der Waals surface area (Å²) < 4.78 is 0. The maximum absolute atomic E-state index is 12.5. The number of hydrogen-bond donors (Lipinski definition) is 0.